The molecule has 0 aliphatic heterocycles. The Morgan fingerprint density at radius 2 is 1.95 bits per heavy atom. The van der Waals surface area contributed by atoms with E-state index in [1.807, 2.05) is 49.4 Å². The Bertz CT molecular complexity index is 825. The van der Waals surface area contributed by atoms with Gasteiger partial charge in [0.25, 0.3) is 5.91 Å². The van der Waals surface area contributed by atoms with Crippen molar-refractivity contribution >= 4 is 45.0 Å². The van der Waals surface area contributed by atoms with Crippen molar-refractivity contribution in [2.75, 3.05) is 5.32 Å². The van der Waals surface area contributed by atoms with Crippen molar-refractivity contribution in [1.29, 1.82) is 0 Å². The average Bonchev–Trinajstić information content (AvgIpc) is 2.50. The quantitative estimate of drug-likeness (QED) is 0.662. The van der Waals surface area contributed by atoms with Crippen LogP contribution in [0, 0.1) is 10.5 Å². The summed E-state index contributed by atoms with van der Waals surface area (Å²) in [6, 6.07) is 13.5. The number of nitrogens with one attached hydrogen (secondary N) is 1. The van der Waals surface area contributed by atoms with E-state index in [-0.39, 0.29) is 5.91 Å². The van der Waals surface area contributed by atoms with Crippen LogP contribution in [0.3, 0.4) is 0 Å². The lowest BCUT2D eigenvalue weighted by molar-refractivity contribution is 0.102. The number of nitrogens with zero attached hydrogens (tertiary/aromatic N) is 1. The Morgan fingerprint density at radius 1 is 1.14 bits per heavy atom. The molecule has 4 heteroatoms. The van der Waals surface area contributed by atoms with Crippen molar-refractivity contribution in [2.45, 2.75) is 6.92 Å². The maximum Gasteiger partial charge on any atom is 0.256 e. The van der Waals surface area contributed by atoms with Gasteiger partial charge in [0, 0.05) is 21.4 Å². The summed E-state index contributed by atoms with van der Waals surface area (Å²) in [5, 5.41) is 4.98. The van der Waals surface area contributed by atoms with Gasteiger partial charge in [-0.15, -0.1) is 0 Å². The first-order chi connectivity index (χ1) is 10.2. The molecule has 21 heavy (non-hydrogen) atoms. The fraction of sp³-hybridized carbons (Fsp3) is 0.0588. The van der Waals surface area contributed by atoms with Crippen molar-refractivity contribution in [1.82, 2.24) is 4.98 Å². The van der Waals surface area contributed by atoms with Gasteiger partial charge in [-0.05, 0) is 58.7 Å². The zero-order chi connectivity index (χ0) is 14.8. The minimum absolute atomic E-state index is 0.0977. The van der Waals surface area contributed by atoms with Gasteiger partial charge in [0.1, 0.15) is 0 Å². The number of aromatic nitrogens is 1. The predicted octanol–water partition coefficient (Wildman–Crippen LogP) is 4.40. The molecule has 2 aromatic carbocycles. The van der Waals surface area contributed by atoms with Crippen molar-refractivity contribution in [3.8, 4) is 0 Å². The molecule has 0 aliphatic rings. The zero-order valence-corrected chi connectivity index (χ0v) is 13.6. The van der Waals surface area contributed by atoms with Gasteiger partial charge in [-0.2, -0.15) is 0 Å². The lowest BCUT2D eigenvalue weighted by Gasteiger charge is -2.10. The van der Waals surface area contributed by atoms with E-state index in [9.17, 15) is 4.79 Å². The van der Waals surface area contributed by atoms with Crippen molar-refractivity contribution < 1.29 is 4.79 Å². The van der Waals surface area contributed by atoms with E-state index >= 15 is 0 Å². The van der Waals surface area contributed by atoms with Crippen LogP contribution in [0.5, 0.6) is 0 Å². The summed E-state index contributed by atoms with van der Waals surface area (Å²) in [5.41, 5.74) is 2.57. The topological polar surface area (TPSA) is 42.0 Å². The van der Waals surface area contributed by atoms with E-state index in [4.69, 9.17) is 0 Å². The van der Waals surface area contributed by atoms with Crippen LogP contribution in [-0.4, -0.2) is 10.9 Å². The first-order valence-corrected chi connectivity index (χ1v) is 7.64. The standard InChI is InChI=1S/C17H13IN2O/c1-11-4-2-6-13(16(11)18)17(21)20-15-7-3-5-12-8-9-19-10-14(12)15/h2-10H,1H3,(H,20,21). The van der Waals surface area contributed by atoms with Gasteiger partial charge in [-0.3, -0.25) is 9.78 Å². The average molecular weight is 388 g/mol. The molecule has 0 spiro atoms. The third-order valence-electron chi connectivity index (χ3n) is 3.37. The highest BCUT2D eigenvalue weighted by Gasteiger charge is 2.12. The van der Waals surface area contributed by atoms with E-state index in [1.165, 1.54) is 0 Å². The number of fused-ring (bicyclic) bond motifs is 1. The van der Waals surface area contributed by atoms with Crippen LogP contribution in [-0.2, 0) is 0 Å². The number of aryl methyl sites for hydroxylation is 1. The number of carbonyl (C=O) groups excluding carboxylic acids is 1. The molecule has 3 rings (SSSR count). The van der Waals surface area contributed by atoms with Crippen LogP contribution >= 0.6 is 22.6 Å². The van der Waals surface area contributed by atoms with Crippen LogP contribution in [0.25, 0.3) is 10.8 Å². The van der Waals surface area contributed by atoms with E-state index in [2.05, 4.69) is 32.9 Å². The van der Waals surface area contributed by atoms with E-state index < -0.39 is 0 Å². The number of carbonyl (C=O) groups is 1. The number of benzene rings is 2. The molecule has 0 atom stereocenters. The van der Waals surface area contributed by atoms with Crippen LogP contribution in [0.2, 0.25) is 0 Å². The Kier molecular flexibility index (Phi) is 3.88. The first-order valence-electron chi connectivity index (χ1n) is 6.56. The molecular weight excluding hydrogens is 375 g/mol. The Labute approximate surface area is 136 Å². The predicted molar refractivity (Wildman–Crippen MR) is 93.6 cm³/mol. The molecule has 0 saturated heterocycles. The molecular formula is C17H13IN2O. The van der Waals surface area contributed by atoms with Crippen molar-refractivity contribution in [3.63, 3.8) is 0 Å². The summed E-state index contributed by atoms with van der Waals surface area (Å²) in [7, 11) is 0. The third kappa shape index (κ3) is 2.76. The molecule has 1 N–H and O–H groups in total. The van der Waals surface area contributed by atoms with Crippen LogP contribution in [0.15, 0.2) is 54.9 Å². The number of halogens is 1. The lowest BCUT2D eigenvalue weighted by atomic mass is 10.1. The highest BCUT2D eigenvalue weighted by molar-refractivity contribution is 14.1. The van der Waals surface area contributed by atoms with E-state index in [1.54, 1.807) is 12.4 Å². The van der Waals surface area contributed by atoms with Crippen molar-refractivity contribution in [3.05, 3.63) is 69.6 Å². The van der Waals surface area contributed by atoms with Gasteiger partial charge in [-0.25, -0.2) is 0 Å². The van der Waals surface area contributed by atoms with Crippen LogP contribution in [0.4, 0.5) is 5.69 Å². The Hall–Kier alpha value is -1.95. The molecule has 1 heterocycles. The lowest BCUT2D eigenvalue weighted by Crippen LogP contribution is -2.14. The molecule has 3 aromatic rings. The van der Waals surface area contributed by atoms with Crippen LogP contribution in [0.1, 0.15) is 15.9 Å². The summed E-state index contributed by atoms with van der Waals surface area (Å²) >= 11 is 2.21. The number of amides is 1. The minimum Gasteiger partial charge on any atom is -0.321 e. The number of hydrogen-bond donors (Lipinski definition) is 1. The molecule has 0 unspecified atom stereocenters. The van der Waals surface area contributed by atoms with Gasteiger partial charge in [-0.1, -0.05) is 24.3 Å². The number of hydrogen-bond acceptors (Lipinski definition) is 2. The van der Waals surface area contributed by atoms with Gasteiger partial charge in [0.2, 0.25) is 0 Å². The maximum absolute atomic E-state index is 12.5. The number of pyridine rings is 1. The highest BCUT2D eigenvalue weighted by atomic mass is 127. The number of rotatable bonds is 2. The van der Waals surface area contributed by atoms with Gasteiger partial charge >= 0.3 is 0 Å². The molecule has 0 saturated carbocycles. The second kappa shape index (κ2) is 5.81. The molecule has 0 aliphatic carbocycles. The molecule has 0 bridgehead atoms. The van der Waals surface area contributed by atoms with Crippen LogP contribution < -0.4 is 5.32 Å². The smallest absolute Gasteiger partial charge is 0.256 e. The molecule has 1 aromatic heterocycles. The molecule has 1 amide bonds. The first kappa shape index (κ1) is 14.0. The summed E-state index contributed by atoms with van der Waals surface area (Å²) in [4.78, 5) is 16.6. The summed E-state index contributed by atoms with van der Waals surface area (Å²) in [6.45, 7) is 2.00. The Balaban J connectivity index is 1.99. The monoisotopic (exact) mass is 388 g/mol. The maximum atomic E-state index is 12.5. The fourth-order valence-corrected chi connectivity index (χ4v) is 2.84. The van der Waals surface area contributed by atoms with E-state index in [0.29, 0.717) is 5.56 Å². The zero-order valence-electron chi connectivity index (χ0n) is 11.4. The largest absolute Gasteiger partial charge is 0.321 e. The number of anilines is 1. The minimum atomic E-state index is -0.0977. The summed E-state index contributed by atoms with van der Waals surface area (Å²) < 4.78 is 0.978. The second-order valence-electron chi connectivity index (χ2n) is 4.79. The Morgan fingerprint density at radius 3 is 2.81 bits per heavy atom. The fourth-order valence-electron chi connectivity index (χ4n) is 2.23. The molecule has 3 nitrogen and oxygen atoms in total. The highest BCUT2D eigenvalue weighted by Crippen LogP contribution is 2.24. The molecule has 0 radical (unpaired) electrons. The summed E-state index contributed by atoms with van der Waals surface area (Å²) in [6.07, 6.45) is 3.52. The van der Waals surface area contributed by atoms with Crippen molar-refractivity contribution in [2.24, 2.45) is 0 Å². The van der Waals surface area contributed by atoms with Gasteiger partial charge < -0.3 is 5.32 Å². The van der Waals surface area contributed by atoms with Gasteiger partial charge in [0.15, 0.2) is 0 Å². The second-order valence-corrected chi connectivity index (χ2v) is 5.87. The SMILES string of the molecule is Cc1cccc(C(=O)Nc2cccc3ccncc23)c1I. The molecule has 0 fully saturated rings. The normalized spacial score (nSPS) is 10.6. The summed E-state index contributed by atoms with van der Waals surface area (Å²) in [5.74, 6) is -0.0977. The van der Waals surface area contributed by atoms with Gasteiger partial charge in [0.05, 0.1) is 11.3 Å². The van der Waals surface area contributed by atoms with E-state index in [0.717, 1.165) is 25.6 Å². The molecule has 104 valence electrons. The third-order valence-corrected chi connectivity index (χ3v) is 4.80.